The molecule has 0 aliphatic heterocycles. The number of hydrogen-bond acceptors (Lipinski definition) is 3. The summed E-state index contributed by atoms with van der Waals surface area (Å²) in [6, 6.07) is 8.25. The van der Waals surface area contributed by atoms with Crippen LogP contribution in [0.2, 0.25) is 0 Å². The Morgan fingerprint density at radius 2 is 1.87 bits per heavy atom. The van der Waals surface area contributed by atoms with Gasteiger partial charge in [-0.15, -0.1) is 0 Å². The lowest BCUT2D eigenvalue weighted by molar-refractivity contribution is -0.114. The summed E-state index contributed by atoms with van der Waals surface area (Å²) in [4.78, 5) is 23.4. The molecule has 4 aliphatic rings. The summed E-state index contributed by atoms with van der Waals surface area (Å²) in [5.41, 5.74) is 6.87. The molecule has 31 heavy (non-hydrogen) atoms. The molecule has 0 saturated heterocycles. The second-order valence-corrected chi connectivity index (χ2v) is 10.8. The molecule has 2 saturated carbocycles. The third kappa shape index (κ3) is 3.11. The maximum absolute atomic E-state index is 12.1. The molecule has 1 aromatic rings. The smallest absolute Gasteiger partial charge is 0.156 e. The SMILES string of the molecule is COC[C@]1(C)CC[C@H]2[C@@H]3CCC4=CC(=O)CCC4=C3[C@@H](c3ccc(C=O)cc3)C[C@@]21C. The molecular weight excluding hydrogens is 384 g/mol. The Morgan fingerprint density at radius 1 is 1.10 bits per heavy atom. The van der Waals surface area contributed by atoms with Gasteiger partial charge in [0.25, 0.3) is 0 Å². The molecular formula is C28H34O3. The molecule has 0 amide bonds. The van der Waals surface area contributed by atoms with Gasteiger partial charge in [-0.2, -0.15) is 0 Å². The highest BCUT2D eigenvalue weighted by Gasteiger charge is 2.61. The average Bonchev–Trinajstić information content (AvgIpc) is 3.03. The second kappa shape index (κ2) is 7.55. The average molecular weight is 419 g/mol. The molecule has 0 N–H and O–H groups in total. The number of fused-ring (bicyclic) bond motifs is 4. The van der Waals surface area contributed by atoms with Gasteiger partial charge in [0.2, 0.25) is 0 Å². The lowest BCUT2D eigenvalue weighted by Gasteiger charge is -2.55. The Balaban J connectivity index is 1.66. The van der Waals surface area contributed by atoms with Crippen molar-refractivity contribution in [1.29, 1.82) is 0 Å². The topological polar surface area (TPSA) is 43.4 Å². The van der Waals surface area contributed by atoms with E-state index in [2.05, 4.69) is 26.0 Å². The van der Waals surface area contributed by atoms with E-state index in [9.17, 15) is 9.59 Å². The van der Waals surface area contributed by atoms with E-state index < -0.39 is 0 Å². The van der Waals surface area contributed by atoms with Crippen molar-refractivity contribution in [3.05, 3.63) is 58.2 Å². The highest BCUT2D eigenvalue weighted by atomic mass is 16.5. The number of allylic oxidation sites excluding steroid dienone is 4. The van der Waals surface area contributed by atoms with E-state index in [4.69, 9.17) is 4.74 Å². The van der Waals surface area contributed by atoms with Crippen LogP contribution in [0.15, 0.2) is 47.1 Å². The summed E-state index contributed by atoms with van der Waals surface area (Å²) in [6.07, 6.45) is 10.2. The van der Waals surface area contributed by atoms with Gasteiger partial charge >= 0.3 is 0 Å². The molecule has 0 aromatic heterocycles. The van der Waals surface area contributed by atoms with Gasteiger partial charge in [-0.05, 0) is 84.0 Å². The zero-order chi connectivity index (χ0) is 21.8. The molecule has 2 fully saturated rings. The number of carbonyl (C=O) groups is 2. The van der Waals surface area contributed by atoms with E-state index in [-0.39, 0.29) is 10.8 Å². The monoisotopic (exact) mass is 418 g/mol. The van der Waals surface area contributed by atoms with Crippen LogP contribution in [-0.2, 0) is 9.53 Å². The van der Waals surface area contributed by atoms with Crippen LogP contribution in [0.1, 0.15) is 80.6 Å². The van der Waals surface area contributed by atoms with Crippen molar-refractivity contribution in [1.82, 2.24) is 0 Å². The van der Waals surface area contributed by atoms with Gasteiger partial charge in [-0.25, -0.2) is 0 Å². The van der Waals surface area contributed by atoms with E-state index in [0.717, 1.165) is 44.1 Å². The van der Waals surface area contributed by atoms with Crippen LogP contribution in [0.3, 0.4) is 0 Å². The molecule has 3 nitrogen and oxygen atoms in total. The van der Waals surface area contributed by atoms with Crippen molar-refractivity contribution in [2.24, 2.45) is 22.7 Å². The van der Waals surface area contributed by atoms with Crippen molar-refractivity contribution in [2.45, 2.75) is 64.7 Å². The lowest BCUT2D eigenvalue weighted by atomic mass is 9.49. The Labute approximate surface area is 185 Å². The largest absolute Gasteiger partial charge is 0.384 e. The van der Waals surface area contributed by atoms with Crippen molar-refractivity contribution >= 4 is 12.1 Å². The van der Waals surface area contributed by atoms with Crippen LogP contribution in [0.25, 0.3) is 0 Å². The predicted octanol–water partition coefficient (Wildman–Crippen LogP) is 6.05. The minimum Gasteiger partial charge on any atom is -0.384 e. The zero-order valence-electron chi connectivity index (χ0n) is 19.1. The highest BCUT2D eigenvalue weighted by molar-refractivity contribution is 5.93. The summed E-state index contributed by atoms with van der Waals surface area (Å²) in [5, 5.41) is 0. The van der Waals surface area contributed by atoms with Crippen LogP contribution in [0.5, 0.6) is 0 Å². The van der Waals surface area contributed by atoms with Crippen molar-refractivity contribution in [3.63, 3.8) is 0 Å². The fraction of sp³-hybridized carbons (Fsp3) is 0.571. The first-order chi connectivity index (χ1) is 14.9. The van der Waals surface area contributed by atoms with E-state index in [1.807, 2.05) is 25.3 Å². The molecule has 3 heteroatoms. The molecule has 0 bridgehead atoms. The number of carbonyl (C=O) groups excluding carboxylic acids is 2. The van der Waals surface area contributed by atoms with Crippen LogP contribution in [0.4, 0.5) is 0 Å². The van der Waals surface area contributed by atoms with Gasteiger partial charge in [0.15, 0.2) is 5.78 Å². The standard InChI is InChI=1S/C28H34O3/c1-27(17-31-3)13-12-25-23-10-8-20-14-21(30)9-11-22(20)26(23)24(15-28(25,27)2)19-6-4-18(16-29)5-7-19/h4-7,14,16,23-25H,8-13,15,17H2,1-3H3/t23-,24+,25-,27-,28-/m0/s1. The van der Waals surface area contributed by atoms with Crippen LogP contribution in [0, 0.1) is 22.7 Å². The van der Waals surface area contributed by atoms with E-state index >= 15 is 0 Å². The number of rotatable bonds is 4. The summed E-state index contributed by atoms with van der Waals surface area (Å²) < 4.78 is 5.75. The third-order valence-corrected chi connectivity index (χ3v) is 9.45. The van der Waals surface area contributed by atoms with Gasteiger partial charge < -0.3 is 4.74 Å². The first kappa shape index (κ1) is 20.9. The summed E-state index contributed by atoms with van der Waals surface area (Å²) >= 11 is 0. The lowest BCUT2D eigenvalue weighted by Crippen LogP contribution is -2.48. The van der Waals surface area contributed by atoms with Crippen molar-refractivity contribution in [3.8, 4) is 0 Å². The van der Waals surface area contributed by atoms with Gasteiger partial charge in [-0.1, -0.05) is 43.7 Å². The summed E-state index contributed by atoms with van der Waals surface area (Å²) in [6.45, 7) is 5.78. The Morgan fingerprint density at radius 3 is 2.58 bits per heavy atom. The molecule has 4 aliphatic carbocycles. The number of benzene rings is 1. The summed E-state index contributed by atoms with van der Waals surface area (Å²) in [7, 11) is 1.84. The number of methoxy groups -OCH3 is 1. The zero-order valence-corrected chi connectivity index (χ0v) is 19.1. The molecule has 1 aromatic carbocycles. The maximum atomic E-state index is 12.1. The molecule has 0 heterocycles. The second-order valence-electron chi connectivity index (χ2n) is 10.8. The van der Waals surface area contributed by atoms with E-state index in [1.54, 1.807) is 5.57 Å². The first-order valence-corrected chi connectivity index (χ1v) is 11.9. The minimum atomic E-state index is 0.183. The third-order valence-electron chi connectivity index (χ3n) is 9.45. The van der Waals surface area contributed by atoms with Gasteiger partial charge in [-0.3, -0.25) is 9.59 Å². The molecule has 164 valence electrons. The summed E-state index contributed by atoms with van der Waals surface area (Å²) in [5.74, 6) is 1.92. The van der Waals surface area contributed by atoms with Gasteiger partial charge in [0.05, 0.1) is 6.61 Å². The van der Waals surface area contributed by atoms with Crippen LogP contribution < -0.4 is 0 Å². The van der Waals surface area contributed by atoms with Gasteiger partial charge in [0.1, 0.15) is 6.29 Å². The molecule has 0 radical (unpaired) electrons. The Bertz CT molecular complexity index is 968. The highest BCUT2D eigenvalue weighted by Crippen LogP contribution is 2.69. The quantitative estimate of drug-likeness (QED) is 0.559. The number of aldehydes is 1. The first-order valence-electron chi connectivity index (χ1n) is 11.9. The fourth-order valence-electron chi connectivity index (χ4n) is 7.65. The van der Waals surface area contributed by atoms with Crippen LogP contribution >= 0.6 is 0 Å². The molecule has 5 rings (SSSR count). The number of ketones is 1. The van der Waals surface area contributed by atoms with Crippen molar-refractivity contribution in [2.75, 3.05) is 13.7 Å². The van der Waals surface area contributed by atoms with Gasteiger partial charge in [0, 0.05) is 25.0 Å². The van der Waals surface area contributed by atoms with Crippen LogP contribution in [-0.4, -0.2) is 25.8 Å². The fourth-order valence-corrected chi connectivity index (χ4v) is 7.65. The number of hydrogen-bond donors (Lipinski definition) is 0. The predicted molar refractivity (Wildman–Crippen MR) is 122 cm³/mol. The Hall–Kier alpha value is -2.00. The molecule has 0 unspecified atom stereocenters. The molecule has 5 atom stereocenters. The maximum Gasteiger partial charge on any atom is 0.156 e. The normalized spacial score (nSPS) is 37.1. The Kier molecular flexibility index (Phi) is 5.08. The van der Waals surface area contributed by atoms with E-state index in [1.165, 1.54) is 29.6 Å². The number of ether oxygens (including phenoxy) is 1. The van der Waals surface area contributed by atoms with E-state index in [0.29, 0.717) is 30.0 Å². The minimum absolute atomic E-state index is 0.183. The molecule has 0 spiro atoms. The van der Waals surface area contributed by atoms with Crippen molar-refractivity contribution < 1.29 is 14.3 Å².